The molecule has 0 unspecified atom stereocenters. The lowest BCUT2D eigenvalue weighted by atomic mass is 10.0. The SMILES string of the molecule is O=C(CCc1cnc[nH]1)N1CCOc2c(O)cc(-c3cccnc3)cc2C1. The summed E-state index contributed by atoms with van der Waals surface area (Å²) in [5, 5.41) is 10.4. The fourth-order valence-corrected chi connectivity index (χ4v) is 3.23. The Bertz CT molecular complexity index is 926. The minimum Gasteiger partial charge on any atom is -0.504 e. The van der Waals surface area contributed by atoms with Crippen molar-refractivity contribution >= 4 is 5.91 Å². The maximum atomic E-state index is 12.7. The summed E-state index contributed by atoms with van der Waals surface area (Å²) in [5.74, 6) is 0.581. The predicted octanol–water partition coefficient (Wildman–Crippen LogP) is 2.53. The first-order valence-corrected chi connectivity index (χ1v) is 8.85. The number of aromatic amines is 1. The Labute approximate surface area is 156 Å². The van der Waals surface area contributed by atoms with Crippen LogP contribution >= 0.6 is 0 Å². The Kier molecular flexibility index (Phi) is 4.74. The molecule has 2 N–H and O–H groups in total. The van der Waals surface area contributed by atoms with Crippen LogP contribution in [0.25, 0.3) is 11.1 Å². The van der Waals surface area contributed by atoms with Crippen LogP contribution in [0, 0.1) is 0 Å². The predicted molar refractivity (Wildman–Crippen MR) is 99.2 cm³/mol. The number of carbonyl (C=O) groups is 1. The normalized spacial score (nSPS) is 13.6. The van der Waals surface area contributed by atoms with Gasteiger partial charge in [0.15, 0.2) is 11.5 Å². The molecule has 0 aliphatic carbocycles. The smallest absolute Gasteiger partial charge is 0.223 e. The van der Waals surface area contributed by atoms with Gasteiger partial charge in [0.1, 0.15) is 6.61 Å². The zero-order valence-corrected chi connectivity index (χ0v) is 14.8. The number of aryl methyl sites for hydroxylation is 1. The second kappa shape index (κ2) is 7.49. The van der Waals surface area contributed by atoms with Crippen molar-refractivity contribution in [1.29, 1.82) is 0 Å². The van der Waals surface area contributed by atoms with Crippen LogP contribution < -0.4 is 4.74 Å². The lowest BCUT2D eigenvalue weighted by molar-refractivity contribution is -0.131. The molecule has 0 radical (unpaired) electrons. The van der Waals surface area contributed by atoms with Gasteiger partial charge in [0, 0.05) is 48.4 Å². The van der Waals surface area contributed by atoms with Crippen molar-refractivity contribution in [2.75, 3.05) is 13.2 Å². The van der Waals surface area contributed by atoms with Gasteiger partial charge in [0.25, 0.3) is 0 Å². The highest BCUT2D eigenvalue weighted by Gasteiger charge is 2.23. The van der Waals surface area contributed by atoms with E-state index in [-0.39, 0.29) is 11.7 Å². The van der Waals surface area contributed by atoms with E-state index in [0.717, 1.165) is 22.4 Å². The number of phenolic OH excluding ortho intramolecular Hbond substituents is 1. The zero-order chi connectivity index (χ0) is 18.6. The molecule has 1 aromatic carbocycles. The summed E-state index contributed by atoms with van der Waals surface area (Å²) in [5.41, 5.74) is 3.47. The van der Waals surface area contributed by atoms with Crippen LogP contribution in [0.5, 0.6) is 11.5 Å². The summed E-state index contributed by atoms with van der Waals surface area (Å²) in [6.45, 7) is 1.24. The number of rotatable bonds is 4. The van der Waals surface area contributed by atoms with E-state index in [1.165, 1.54) is 0 Å². The average Bonchev–Trinajstić information content (AvgIpc) is 3.11. The van der Waals surface area contributed by atoms with Crippen molar-refractivity contribution in [2.24, 2.45) is 0 Å². The molecule has 7 heteroatoms. The Balaban J connectivity index is 1.55. The summed E-state index contributed by atoms with van der Waals surface area (Å²) >= 11 is 0. The van der Waals surface area contributed by atoms with Crippen LogP contribution in [0.3, 0.4) is 0 Å². The maximum Gasteiger partial charge on any atom is 0.223 e. The topological polar surface area (TPSA) is 91.3 Å². The van der Waals surface area contributed by atoms with Crippen LogP contribution in [0.15, 0.2) is 49.2 Å². The van der Waals surface area contributed by atoms with Crippen LogP contribution in [0.2, 0.25) is 0 Å². The van der Waals surface area contributed by atoms with E-state index in [2.05, 4.69) is 15.0 Å². The van der Waals surface area contributed by atoms with E-state index < -0.39 is 0 Å². The Morgan fingerprint density at radius 1 is 1.26 bits per heavy atom. The van der Waals surface area contributed by atoms with Crippen molar-refractivity contribution in [3.8, 4) is 22.6 Å². The largest absolute Gasteiger partial charge is 0.504 e. The number of ether oxygens (including phenoxy) is 1. The molecule has 0 spiro atoms. The summed E-state index contributed by atoms with van der Waals surface area (Å²) < 4.78 is 5.73. The fourth-order valence-electron chi connectivity index (χ4n) is 3.23. The van der Waals surface area contributed by atoms with E-state index in [1.54, 1.807) is 35.9 Å². The number of nitrogens with one attached hydrogen (secondary N) is 1. The molecule has 4 rings (SSSR count). The number of H-pyrrole nitrogens is 1. The first kappa shape index (κ1) is 17.1. The van der Waals surface area contributed by atoms with Crippen LogP contribution in [0.1, 0.15) is 17.7 Å². The maximum absolute atomic E-state index is 12.7. The van der Waals surface area contributed by atoms with E-state index in [0.29, 0.717) is 38.3 Å². The molecule has 138 valence electrons. The molecular weight excluding hydrogens is 344 g/mol. The highest BCUT2D eigenvalue weighted by molar-refractivity contribution is 5.77. The summed E-state index contributed by atoms with van der Waals surface area (Å²) in [7, 11) is 0. The fraction of sp³-hybridized carbons (Fsp3) is 0.250. The molecule has 1 aliphatic rings. The van der Waals surface area contributed by atoms with Gasteiger partial charge in [-0.1, -0.05) is 6.07 Å². The lowest BCUT2D eigenvalue weighted by Gasteiger charge is -2.20. The third-order valence-corrected chi connectivity index (χ3v) is 4.63. The van der Waals surface area contributed by atoms with Gasteiger partial charge < -0.3 is 19.7 Å². The quantitative estimate of drug-likeness (QED) is 0.742. The van der Waals surface area contributed by atoms with Crippen molar-refractivity contribution < 1.29 is 14.6 Å². The number of aromatic hydroxyl groups is 1. The molecule has 1 aliphatic heterocycles. The molecule has 0 atom stereocenters. The van der Waals surface area contributed by atoms with Gasteiger partial charge in [-0.3, -0.25) is 9.78 Å². The van der Waals surface area contributed by atoms with Crippen LogP contribution in [-0.2, 0) is 17.8 Å². The molecule has 7 nitrogen and oxygen atoms in total. The molecule has 3 aromatic rings. The van der Waals surface area contributed by atoms with Gasteiger partial charge in [0.2, 0.25) is 5.91 Å². The highest BCUT2D eigenvalue weighted by atomic mass is 16.5. The first-order valence-electron chi connectivity index (χ1n) is 8.85. The minimum absolute atomic E-state index is 0.0484. The summed E-state index contributed by atoms with van der Waals surface area (Å²) in [6, 6.07) is 7.40. The number of hydrogen-bond acceptors (Lipinski definition) is 5. The minimum atomic E-state index is 0.0484. The van der Waals surface area contributed by atoms with Gasteiger partial charge in [0.05, 0.1) is 12.9 Å². The number of nitrogens with zero attached hydrogens (tertiary/aromatic N) is 3. The number of fused-ring (bicyclic) bond motifs is 1. The van der Waals surface area contributed by atoms with Crippen LogP contribution in [-0.4, -0.2) is 44.0 Å². The molecule has 0 saturated carbocycles. The van der Waals surface area contributed by atoms with E-state index in [9.17, 15) is 9.90 Å². The Morgan fingerprint density at radius 3 is 2.96 bits per heavy atom. The van der Waals surface area contributed by atoms with Gasteiger partial charge in [-0.2, -0.15) is 0 Å². The van der Waals surface area contributed by atoms with Crippen LogP contribution in [0.4, 0.5) is 0 Å². The monoisotopic (exact) mass is 364 g/mol. The Morgan fingerprint density at radius 2 is 2.19 bits per heavy atom. The van der Waals surface area contributed by atoms with Crippen molar-refractivity contribution in [2.45, 2.75) is 19.4 Å². The number of benzene rings is 1. The van der Waals surface area contributed by atoms with Gasteiger partial charge in [-0.05, 0) is 30.2 Å². The van der Waals surface area contributed by atoms with Gasteiger partial charge in [-0.25, -0.2) is 4.98 Å². The number of aromatic nitrogens is 3. The molecule has 1 amide bonds. The van der Waals surface area contributed by atoms with Crippen molar-refractivity contribution in [3.05, 3.63) is 60.4 Å². The van der Waals surface area contributed by atoms with Gasteiger partial charge in [-0.15, -0.1) is 0 Å². The summed E-state index contributed by atoms with van der Waals surface area (Å²) in [4.78, 5) is 25.5. The van der Waals surface area contributed by atoms with Crippen molar-refractivity contribution in [3.63, 3.8) is 0 Å². The number of carbonyl (C=O) groups excluding carboxylic acids is 1. The number of hydrogen-bond donors (Lipinski definition) is 2. The lowest BCUT2D eigenvalue weighted by Crippen LogP contribution is -2.32. The van der Waals surface area contributed by atoms with E-state index in [4.69, 9.17) is 4.74 Å². The molecule has 2 aromatic heterocycles. The van der Waals surface area contributed by atoms with E-state index >= 15 is 0 Å². The summed E-state index contributed by atoms with van der Waals surface area (Å²) in [6.07, 6.45) is 7.79. The molecule has 0 saturated heterocycles. The van der Waals surface area contributed by atoms with Gasteiger partial charge >= 0.3 is 0 Å². The first-order chi connectivity index (χ1) is 13.2. The third kappa shape index (κ3) is 3.76. The third-order valence-electron chi connectivity index (χ3n) is 4.63. The number of pyridine rings is 1. The van der Waals surface area contributed by atoms with Crippen molar-refractivity contribution in [1.82, 2.24) is 19.9 Å². The number of phenols is 1. The average molecular weight is 364 g/mol. The zero-order valence-electron chi connectivity index (χ0n) is 14.8. The van der Waals surface area contributed by atoms with E-state index in [1.807, 2.05) is 18.2 Å². The second-order valence-electron chi connectivity index (χ2n) is 6.47. The molecule has 0 bridgehead atoms. The molecular formula is C20H20N4O3. The number of imidazole rings is 1. The molecule has 27 heavy (non-hydrogen) atoms. The second-order valence-corrected chi connectivity index (χ2v) is 6.47. The highest BCUT2D eigenvalue weighted by Crippen LogP contribution is 2.37. The number of amides is 1. The standard InChI is InChI=1S/C20H20N4O3/c25-18-9-15(14-2-1-5-21-10-14)8-16-12-24(6-7-27-20(16)18)19(26)4-3-17-11-22-13-23-17/h1-2,5,8-11,13,25H,3-4,6-7,12H2,(H,22,23). The molecule has 0 fully saturated rings. The molecule has 3 heterocycles. The Hall–Kier alpha value is -3.35.